The summed E-state index contributed by atoms with van der Waals surface area (Å²) in [6.07, 6.45) is 5.21. The van der Waals surface area contributed by atoms with Crippen molar-refractivity contribution in [1.29, 1.82) is 0 Å². The molecular formula is C18H14N4O. The molecule has 0 aliphatic rings. The van der Waals surface area contributed by atoms with E-state index >= 15 is 0 Å². The first-order chi connectivity index (χ1) is 11.3. The van der Waals surface area contributed by atoms with Crippen molar-refractivity contribution < 1.29 is 4.79 Å². The number of carbonyl (C=O) groups is 1. The Balaban J connectivity index is 1.55. The van der Waals surface area contributed by atoms with Crippen molar-refractivity contribution in [2.75, 3.05) is 0 Å². The fourth-order valence-corrected chi connectivity index (χ4v) is 2.68. The average Bonchev–Trinajstić information content (AvgIpc) is 3.19. The summed E-state index contributed by atoms with van der Waals surface area (Å²) in [5.74, 6) is -0.237. The smallest absolute Gasteiger partial charge is 0.273 e. The Morgan fingerprint density at radius 3 is 2.39 bits per heavy atom. The van der Waals surface area contributed by atoms with Crippen LogP contribution < -0.4 is 5.43 Å². The lowest BCUT2D eigenvalue weighted by Gasteiger charge is -1.97. The summed E-state index contributed by atoms with van der Waals surface area (Å²) in [4.78, 5) is 18.5. The van der Waals surface area contributed by atoms with Gasteiger partial charge in [0.1, 0.15) is 0 Å². The van der Waals surface area contributed by atoms with E-state index in [0.717, 1.165) is 27.4 Å². The number of aromatic amines is 2. The van der Waals surface area contributed by atoms with Gasteiger partial charge in [-0.25, -0.2) is 5.43 Å². The Bertz CT molecular complexity index is 1030. The van der Waals surface area contributed by atoms with Gasteiger partial charge in [0, 0.05) is 39.8 Å². The fourth-order valence-electron chi connectivity index (χ4n) is 2.68. The average molecular weight is 302 g/mol. The molecule has 1 amide bonds. The van der Waals surface area contributed by atoms with Gasteiger partial charge in [0.05, 0.1) is 11.8 Å². The molecule has 0 bridgehead atoms. The normalized spacial score (nSPS) is 11.5. The SMILES string of the molecule is O=C(N/N=C/c1c[nH]c2ccccc12)c1c[nH]c2ccccc12. The lowest BCUT2D eigenvalue weighted by molar-refractivity contribution is 0.0957. The van der Waals surface area contributed by atoms with E-state index in [1.165, 1.54) is 0 Å². The van der Waals surface area contributed by atoms with Crippen LogP contribution in [0, 0.1) is 0 Å². The lowest BCUT2D eigenvalue weighted by Crippen LogP contribution is -2.17. The zero-order valence-corrected chi connectivity index (χ0v) is 12.2. The molecule has 0 saturated heterocycles. The van der Waals surface area contributed by atoms with Gasteiger partial charge in [-0.15, -0.1) is 0 Å². The van der Waals surface area contributed by atoms with Gasteiger partial charge in [-0.05, 0) is 12.1 Å². The second-order valence-electron chi connectivity index (χ2n) is 5.24. The molecule has 2 aromatic heterocycles. The number of carbonyl (C=O) groups excluding carboxylic acids is 1. The monoisotopic (exact) mass is 302 g/mol. The van der Waals surface area contributed by atoms with Crippen molar-refractivity contribution in [2.45, 2.75) is 0 Å². The number of aromatic nitrogens is 2. The maximum Gasteiger partial charge on any atom is 0.273 e. The number of amides is 1. The number of nitrogens with zero attached hydrogens (tertiary/aromatic N) is 1. The van der Waals surface area contributed by atoms with Gasteiger partial charge in [0.2, 0.25) is 0 Å². The van der Waals surface area contributed by atoms with Crippen LogP contribution in [0.4, 0.5) is 0 Å². The lowest BCUT2D eigenvalue weighted by atomic mass is 10.2. The Morgan fingerprint density at radius 1 is 0.913 bits per heavy atom. The number of para-hydroxylation sites is 2. The third-order valence-corrected chi connectivity index (χ3v) is 3.82. The molecule has 0 aliphatic heterocycles. The first-order valence-electron chi connectivity index (χ1n) is 7.28. The highest BCUT2D eigenvalue weighted by Gasteiger charge is 2.10. The molecule has 5 heteroatoms. The molecule has 0 spiro atoms. The van der Waals surface area contributed by atoms with Crippen molar-refractivity contribution in [3.63, 3.8) is 0 Å². The minimum atomic E-state index is -0.237. The molecule has 4 aromatic rings. The molecule has 5 nitrogen and oxygen atoms in total. The van der Waals surface area contributed by atoms with Gasteiger partial charge < -0.3 is 9.97 Å². The van der Waals surface area contributed by atoms with Crippen LogP contribution in [0.15, 0.2) is 66.0 Å². The van der Waals surface area contributed by atoms with Crippen LogP contribution in [0.25, 0.3) is 21.8 Å². The first-order valence-corrected chi connectivity index (χ1v) is 7.28. The molecule has 0 fully saturated rings. The van der Waals surface area contributed by atoms with Crippen molar-refractivity contribution in [2.24, 2.45) is 5.10 Å². The second-order valence-corrected chi connectivity index (χ2v) is 5.24. The van der Waals surface area contributed by atoms with E-state index in [2.05, 4.69) is 20.5 Å². The molecule has 4 rings (SSSR count). The summed E-state index contributed by atoms with van der Waals surface area (Å²) in [6, 6.07) is 15.6. The van der Waals surface area contributed by atoms with E-state index in [1.54, 1.807) is 12.4 Å². The topological polar surface area (TPSA) is 73.0 Å². The molecule has 0 aliphatic carbocycles. The summed E-state index contributed by atoms with van der Waals surface area (Å²) < 4.78 is 0. The van der Waals surface area contributed by atoms with E-state index < -0.39 is 0 Å². The first kappa shape index (κ1) is 13.3. The summed E-state index contributed by atoms with van der Waals surface area (Å²) in [5.41, 5.74) is 6.06. The van der Waals surface area contributed by atoms with Crippen molar-refractivity contribution >= 4 is 33.9 Å². The van der Waals surface area contributed by atoms with E-state index in [1.807, 2.05) is 54.7 Å². The number of fused-ring (bicyclic) bond motifs is 2. The number of benzene rings is 2. The highest BCUT2D eigenvalue weighted by Crippen LogP contribution is 2.18. The van der Waals surface area contributed by atoms with E-state index in [-0.39, 0.29) is 5.91 Å². The Hall–Kier alpha value is -3.34. The standard InChI is InChI=1S/C18H14N4O/c23-18(15-11-20-17-8-4-2-6-14(15)17)22-21-10-12-9-19-16-7-3-1-5-13(12)16/h1-11,19-20H,(H,22,23)/b21-10+. The van der Waals surface area contributed by atoms with Gasteiger partial charge in [0.15, 0.2) is 0 Å². The maximum absolute atomic E-state index is 12.3. The quantitative estimate of drug-likeness (QED) is 0.394. The summed E-state index contributed by atoms with van der Waals surface area (Å²) in [7, 11) is 0. The third kappa shape index (κ3) is 2.38. The molecule has 112 valence electrons. The van der Waals surface area contributed by atoms with E-state index in [0.29, 0.717) is 5.56 Å². The minimum absolute atomic E-state index is 0.237. The summed E-state index contributed by atoms with van der Waals surface area (Å²) >= 11 is 0. The molecule has 2 aromatic carbocycles. The molecule has 2 heterocycles. The van der Waals surface area contributed by atoms with Crippen LogP contribution in [0.1, 0.15) is 15.9 Å². The third-order valence-electron chi connectivity index (χ3n) is 3.82. The van der Waals surface area contributed by atoms with Crippen LogP contribution in [0.3, 0.4) is 0 Å². The number of hydrogen-bond acceptors (Lipinski definition) is 2. The number of nitrogens with one attached hydrogen (secondary N) is 3. The maximum atomic E-state index is 12.3. The molecular weight excluding hydrogens is 288 g/mol. The predicted molar refractivity (Wildman–Crippen MR) is 91.7 cm³/mol. The number of rotatable bonds is 3. The molecule has 0 unspecified atom stereocenters. The zero-order chi connectivity index (χ0) is 15.6. The van der Waals surface area contributed by atoms with E-state index in [9.17, 15) is 4.79 Å². The highest BCUT2D eigenvalue weighted by molar-refractivity contribution is 6.07. The van der Waals surface area contributed by atoms with Crippen molar-refractivity contribution in [3.05, 3.63) is 72.1 Å². The van der Waals surface area contributed by atoms with Gasteiger partial charge in [-0.2, -0.15) is 5.10 Å². The molecule has 0 radical (unpaired) electrons. The Labute approximate surface area is 132 Å². The van der Waals surface area contributed by atoms with Crippen LogP contribution in [-0.2, 0) is 0 Å². The van der Waals surface area contributed by atoms with Crippen LogP contribution in [0.2, 0.25) is 0 Å². The molecule has 3 N–H and O–H groups in total. The van der Waals surface area contributed by atoms with Gasteiger partial charge >= 0.3 is 0 Å². The van der Waals surface area contributed by atoms with Crippen LogP contribution in [0.5, 0.6) is 0 Å². The van der Waals surface area contributed by atoms with Crippen molar-refractivity contribution in [3.8, 4) is 0 Å². The summed E-state index contributed by atoms with van der Waals surface area (Å²) in [6.45, 7) is 0. The van der Waals surface area contributed by atoms with Crippen LogP contribution >= 0.6 is 0 Å². The Kier molecular flexibility index (Phi) is 3.16. The van der Waals surface area contributed by atoms with Crippen LogP contribution in [-0.4, -0.2) is 22.1 Å². The van der Waals surface area contributed by atoms with E-state index in [4.69, 9.17) is 0 Å². The Morgan fingerprint density at radius 2 is 1.57 bits per heavy atom. The van der Waals surface area contributed by atoms with Gasteiger partial charge in [0.25, 0.3) is 5.91 Å². The zero-order valence-electron chi connectivity index (χ0n) is 12.2. The molecule has 0 atom stereocenters. The van der Waals surface area contributed by atoms with Crippen molar-refractivity contribution in [1.82, 2.24) is 15.4 Å². The number of H-pyrrole nitrogens is 2. The van der Waals surface area contributed by atoms with Gasteiger partial charge in [-0.1, -0.05) is 36.4 Å². The highest BCUT2D eigenvalue weighted by atomic mass is 16.2. The fraction of sp³-hybridized carbons (Fsp3) is 0. The summed E-state index contributed by atoms with van der Waals surface area (Å²) in [5, 5.41) is 6.02. The second kappa shape index (κ2) is 5.46. The number of hydrazone groups is 1. The largest absolute Gasteiger partial charge is 0.361 e. The molecule has 23 heavy (non-hydrogen) atoms. The minimum Gasteiger partial charge on any atom is -0.361 e. The van der Waals surface area contributed by atoms with Gasteiger partial charge in [-0.3, -0.25) is 4.79 Å². The predicted octanol–water partition coefficient (Wildman–Crippen LogP) is 3.41. The molecule has 0 saturated carbocycles. The number of hydrogen-bond donors (Lipinski definition) is 3.